The zero-order chi connectivity index (χ0) is 12.3. The van der Waals surface area contributed by atoms with Gasteiger partial charge in [-0.3, -0.25) is 4.79 Å². The van der Waals surface area contributed by atoms with Gasteiger partial charge in [0.15, 0.2) is 0 Å². The maximum absolute atomic E-state index is 11.2. The third kappa shape index (κ3) is 3.21. The van der Waals surface area contributed by atoms with Gasteiger partial charge in [-0.1, -0.05) is 10.3 Å². The van der Waals surface area contributed by atoms with E-state index in [-0.39, 0.29) is 11.4 Å². The minimum absolute atomic E-state index is 0.109. The standard InChI is InChI=1S/C11H16N2O3S/c1-8-9(13-16-12-8)6-17-7-11(3-4-11)5-10(14)15-2/h3-7H2,1-2H3. The molecule has 0 spiro atoms. The second kappa shape index (κ2) is 5.08. The zero-order valence-corrected chi connectivity index (χ0v) is 10.9. The smallest absolute Gasteiger partial charge is 0.306 e. The molecule has 1 heterocycles. The van der Waals surface area contributed by atoms with Crippen molar-refractivity contribution in [2.45, 2.75) is 31.9 Å². The van der Waals surface area contributed by atoms with E-state index in [9.17, 15) is 4.79 Å². The van der Waals surface area contributed by atoms with Crippen molar-refractivity contribution in [2.75, 3.05) is 12.9 Å². The molecule has 1 aromatic heterocycles. The minimum atomic E-state index is -0.109. The van der Waals surface area contributed by atoms with Gasteiger partial charge in [-0.2, -0.15) is 11.8 Å². The Balaban J connectivity index is 1.75. The number of methoxy groups -OCH3 is 1. The van der Waals surface area contributed by atoms with Gasteiger partial charge in [-0.15, -0.1) is 0 Å². The average molecular weight is 256 g/mol. The van der Waals surface area contributed by atoms with Crippen LogP contribution < -0.4 is 0 Å². The number of thioether (sulfide) groups is 1. The molecule has 5 nitrogen and oxygen atoms in total. The van der Waals surface area contributed by atoms with Crippen molar-refractivity contribution in [3.05, 3.63) is 11.4 Å². The van der Waals surface area contributed by atoms with E-state index in [1.165, 1.54) is 7.11 Å². The Kier molecular flexibility index (Phi) is 3.71. The van der Waals surface area contributed by atoms with Gasteiger partial charge >= 0.3 is 5.97 Å². The van der Waals surface area contributed by atoms with Gasteiger partial charge < -0.3 is 4.74 Å². The van der Waals surface area contributed by atoms with E-state index in [4.69, 9.17) is 4.74 Å². The second-order valence-corrected chi connectivity index (χ2v) is 5.53. The van der Waals surface area contributed by atoms with Crippen LogP contribution in [0.3, 0.4) is 0 Å². The monoisotopic (exact) mass is 256 g/mol. The van der Waals surface area contributed by atoms with Gasteiger partial charge in [-0.05, 0) is 30.9 Å². The van der Waals surface area contributed by atoms with Crippen LogP contribution in [0.2, 0.25) is 0 Å². The molecule has 0 radical (unpaired) electrons. The van der Waals surface area contributed by atoms with Crippen LogP contribution in [0.4, 0.5) is 0 Å². The molecule has 2 rings (SSSR count). The average Bonchev–Trinajstić information content (AvgIpc) is 2.95. The first-order valence-corrected chi connectivity index (χ1v) is 6.73. The number of ether oxygens (including phenoxy) is 1. The molecule has 6 heteroatoms. The highest BCUT2D eigenvalue weighted by atomic mass is 32.2. The zero-order valence-electron chi connectivity index (χ0n) is 10.1. The van der Waals surface area contributed by atoms with Crippen LogP contribution in [0.5, 0.6) is 0 Å². The van der Waals surface area contributed by atoms with Crippen LogP contribution in [-0.4, -0.2) is 29.1 Å². The van der Waals surface area contributed by atoms with Crippen molar-refractivity contribution in [1.29, 1.82) is 0 Å². The third-order valence-corrected chi connectivity index (χ3v) is 4.39. The summed E-state index contributed by atoms with van der Waals surface area (Å²) < 4.78 is 9.35. The summed E-state index contributed by atoms with van der Waals surface area (Å²) >= 11 is 1.78. The first-order chi connectivity index (χ1) is 8.15. The molecule has 1 aliphatic rings. The van der Waals surface area contributed by atoms with Crippen molar-refractivity contribution in [3.63, 3.8) is 0 Å². The van der Waals surface area contributed by atoms with Gasteiger partial charge in [0, 0.05) is 5.75 Å². The lowest BCUT2D eigenvalue weighted by molar-refractivity contribution is -0.141. The SMILES string of the molecule is COC(=O)CC1(CSCc2nonc2C)CC1. The molecular weight excluding hydrogens is 240 g/mol. The summed E-state index contributed by atoms with van der Waals surface area (Å²) in [6, 6.07) is 0. The highest BCUT2D eigenvalue weighted by molar-refractivity contribution is 7.98. The molecule has 0 amide bonds. The predicted octanol–water partition coefficient (Wildman–Crippen LogP) is 1.95. The minimum Gasteiger partial charge on any atom is -0.469 e. The van der Waals surface area contributed by atoms with Gasteiger partial charge in [0.05, 0.1) is 13.5 Å². The number of aryl methyl sites for hydroxylation is 1. The molecule has 0 aromatic carbocycles. The molecule has 17 heavy (non-hydrogen) atoms. The highest BCUT2D eigenvalue weighted by Gasteiger charge is 2.44. The van der Waals surface area contributed by atoms with Crippen molar-refractivity contribution in [3.8, 4) is 0 Å². The van der Waals surface area contributed by atoms with Crippen molar-refractivity contribution < 1.29 is 14.2 Å². The van der Waals surface area contributed by atoms with Crippen LogP contribution in [0.1, 0.15) is 30.7 Å². The summed E-state index contributed by atoms with van der Waals surface area (Å²) in [4.78, 5) is 11.2. The van der Waals surface area contributed by atoms with Gasteiger partial charge in [-0.25, -0.2) is 4.63 Å². The van der Waals surface area contributed by atoms with Crippen molar-refractivity contribution in [1.82, 2.24) is 10.3 Å². The predicted molar refractivity (Wildman–Crippen MR) is 63.5 cm³/mol. The summed E-state index contributed by atoms with van der Waals surface area (Å²) in [5, 5.41) is 7.57. The Bertz CT molecular complexity index is 401. The molecular formula is C11H16N2O3S. The Morgan fingerprint density at radius 3 is 2.82 bits per heavy atom. The maximum Gasteiger partial charge on any atom is 0.306 e. The molecule has 0 N–H and O–H groups in total. The molecule has 1 saturated carbocycles. The lowest BCUT2D eigenvalue weighted by Gasteiger charge is -2.12. The van der Waals surface area contributed by atoms with Gasteiger partial charge in [0.2, 0.25) is 0 Å². The second-order valence-electron chi connectivity index (χ2n) is 4.54. The first kappa shape index (κ1) is 12.4. The Morgan fingerprint density at radius 2 is 2.29 bits per heavy atom. The molecule has 0 saturated heterocycles. The molecule has 0 aliphatic heterocycles. The molecule has 1 aliphatic carbocycles. The number of nitrogens with zero attached hydrogens (tertiary/aromatic N) is 2. The Morgan fingerprint density at radius 1 is 1.53 bits per heavy atom. The van der Waals surface area contributed by atoms with E-state index >= 15 is 0 Å². The molecule has 0 atom stereocenters. The lowest BCUT2D eigenvalue weighted by Crippen LogP contribution is -2.13. The van der Waals surface area contributed by atoms with E-state index in [0.29, 0.717) is 6.42 Å². The summed E-state index contributed by atoms with van der Waals surface area (Å²) in [5.74, 6) is 1.65. The van der Waals surface area contributed by atoms with Gasteiger partial charge in [0.25, 0.3) is 0 Å². The number of carbonyl (C=O) groups is 1. The normalized spacial score (nSPS) is 16.8. The van der Waals surface area contributed by atoms with Crippen molar-refractivity contribution >= 4 is 17.7 Å². The topological polar surface area (TPSA) is 65.2 Å². The molecule has 0 unspecified atom stereocenters. The van der Waals surface area contributed by atoms with E-state index in [1.54, 1.807) is 11.8 Å². The Hall–Kier alpha value is -1.04. The molecule has 1 aromatic rings. The quantitative estimate of drug-likeness (QED) is 0.725. The van der Waals surface area contributed by atoms with Crippen LogP contribution in [-0.2, 0) is 15.3 Å². The van der Waals surface area contributed by atoms with E-state index in [1.807, 2.05) is 6.92 Å². The fraction of sp³-hybridized carbons (Fsp3) is 0.727. The van der Waals surface area contributed by atoms with E-state index in [2.05, 4.69) is 14.9 Å². The number of carbonyl (C=O) groups excluding carboxylic acids is 1. The largest absolute Gasteiger partial charge is 0.469 e. The van der Waals surface area contributed by atoms with E-state index in [0.717, 1.165) is 35.7 Å². The molecule has 0 bridgehead atoms. The van der Waals surface area contributed by atoms with Gasteiger partial charge in [0.1, 0.15) is 11.4 Å². The number of hydrogen-bond acceptors (Lipinski definition) is 6. The lowest BCUT2D eigenvalue weighted by atomic mass is 10.1. The van der Waals surface area contributed by atoms with Crippen LogP contribution in [0, 0.1) is 12.3 Å². The van der Waals surface area contributed by atoms with Crippen LogP contribution >= 0.6 is 11.8 Å². The van der Waals surface area contributed by atoms with Crippen LogP contribution in [0.25, 0.3) is 0 Å². The molecule has 1 fully saturated rings. The van der Waals surface area contributed by atoms with E-state index < -0.39 is 0 Å². The highest BCUT2D eigenvalue weighted by Crippen LogP contribution is 2.51. The third-order valence-electron chi connectivity index (χ3n) is 3.10. The summed E-state index contributed by atoms with van der Waals surface area (Å²) in [5.41, 5.74) is 1.90. The number of esters is 1. The summed E-state index contributed by atoms with van der Waals surface area (Å²) in [7, 11) is 1.44. The number of hydrogen-bond donors (Lipinski definition) is 0. The summed E-state index contributed by atoms with van der Waals surface area (Å²) in [6.07, 6.45) is 2.77. The Labute approximate surface area is 104 Å². The summed E-state index contributed by atoms with van der Waals surface area (Å²) in [6.45, 7) is 1.88. The fourth-order valence-electron chi connectivity index (χ4n) is 1.67. The molecule has 94 valence electrons. The van der Waals surface area contributed by atoms with Crippen LogP contribution in [0.15, 0.2) is 4.63 Å². The maximum atomic E-state index is 11.2. The first-order valence-electron chi connectivity index (χ1n) is 5.58. The number of rotatable bonds is 6. The fourth-order valence-corrected chi connectivity index (χ4v) is 3.05. The number of aromatic nitrogens is 2. The van der Waals surface area contributed by atoms with Crippen molar-refractivity contribution in [2.24, 2.45) is 5.41 Å².